The number of rotatable bonds is 6. The van der Waals surface area contributed by atoms with Crippen LogP contribution in [0.2, 0.25) is 0 Å². The summed E-state index contributed by atoms with van der Waals surface area (Å²) in [5, 5.41) is 3.53. The normalized spacial score (nSPS) is 23.7. The average molecular weight is 288 g/mol. The van der Waals surface area contributed by atoms with Crippen molar-refractivity contribution in [2.75, 3.05) is 13.1 Å². The lowest BCUT2D eigenvalue weighted by Gasteiger charge is -2.36. The van der Waals surface area contributed by atoms with Crippen LogP contribution in [-0.4, -0.2) is 24.0 Å². The van der Waals surface area contributed by atoms with Gasteiger partial charge in [0.15, 0.2) is 0 Å². The second-order valence-corrected chi connectivity index (χ2v) is 7.29. The standard InChI is InChI=1S/C19H32N2/c1-15(2)12-20-13-18-6-5-7-19(11-18)14-21-9-8-16(3)10-17(21)4/h5-7,11,15-17,20H,8-10,12-14H2,1-4H3. The Morgan fingerprint density at radius 1 is 1.24 bits per heavy atom. The number of benzene rings is 1. The zero-order valence-corrected chi connectivity index (χ0v) is 14.2. The van der Waals surface area contributed by atoms with E-state index in [0.717, 1.165) is 31.6 Å². The summed E-state index contributed by atoms with van der Waals surface area (Å²) in [7, 11) is 0. The van der Waals surface area contributed by atoms with E-state index in [1.54, 1.807) is 0 Å². The number of hydrogen-bond donors (Lipinski definition) is 1. The molecule has 21 heavy (non-hydrogen) atoms. The van der Waals surface area contributed by atoms with E-state index in [0.29, 0.717) is 5.92 Å². The van der Waals surface area contributed by atoms with E-state index >= 15 is 0 Å². The van der Waals surface area contributed by atoms with Gasteiger partial charge in [0, 0.05) is 19.1 Å². The zero-order chi connectivity index (χ0) is 15.2. The molecule has 0 radical (unpaired) electrons. The van der Waals surface area contributed by atoms with Crippen molar-refractivity contribution in [3.8, 4) is 0 Å². The van der Waals surface area contributed by atoms with E-state index in [2.05, 4.69) is 62.2 Å². The van der Waals surface area contributed by atoms with Gasteiger partial charge in [0.05, 0.1) is 0 Å². The molecule has 1 fully saturated rings. The first-order valence-corrected chi connectivity index (χ1v) is 8.57. The highest BCUT2D eigenvalue weighted by molar-refractivity contribution is 5.23. The molecule has 1 heterocycles. The number of nitrogens with zero attached hydrogens (tertiary/aromatic N) is 1. The first kappa shape index (κ1) is 16.5. The second kappa shape index (κ2) is 7.95. The summed E-state index contributed by atoms with van der Waals surface area (Å²) in [5.41, 5.74) is 2.87. The van der Waals surface area contributed by atoms with Crippen LogP contribution in [0.3, 0.4) is 0 Å². The molecule has 1 aliphatic heterocycles. The van der Waals surface area contributed by atoms with Gasteiger partial charge in [-0.3, -0.25) is 4.90 Å². The molecule has 0 bridgehead atoms. The van der Waals surface area contributed by atoms with Crippen LogP contribution in [0, 0.1) is 11.8 Å². The Morgan fingerprint density at radius 2 is 2.00 bits per heavy atom. The van der Waals surface area contributed by atoms with E-state index in [-0.39, 0.29) is 0 Å². The van der Waals surface area contributed by atoms with Crippen molar-refractivity contribution < 1.29 is 0 Å². The van der Waals surface area contributed by atoms with Gasteiger partial charge in [-0.2, -0.15) is 0 Å². The third kappa shape index (κ3) is 5.44. The minimum Gasteiger partial charge on any atom is -0.312 e. The predicted molar refractivity (Wildman–Crippen MR) is 91.3 cm³/mol. The van der Waals surface area contributed by atoms with Crippen LogP contribution in [0.25, 0.3) is 0 Å². The molecular formula is C19H32N2. The molecule has 1 saturated heterocycles. The summed E-state index contributed by atoms with van der Waals surface area (Å²) in [6.45, 7) is 13.7. The van der Waals surface area contributed by atoms with Gasteiger partial charge in [-0.25, -0.2) is 0 Å². The lowest BCUT2D eigenvalue weighted by Crippen LogP contribution is -2.39. The molecule has 1 aromatic rings. The SMILES string of the molecule is CC(C)CNCc1cccc(CN2CCC(C)CC2C)c1. The van der Waals surface area contributed by atoms with E-state index in [9.17, 15) is 0 Å². The van der Waals surface area contributed by atoms with E-state index in [4.69, 9.17) is 0 Å². The molecule has 2 atom stereocenters. The third-order valence-corrected chi connectivity index (χ3v) is 4.53. The minimum absolute atomic E-state index is 0.712. The Morgan fingerprint density at radius 3 is 2.71 bits per heavy atom. The smallest absolute Gasteiger partial charge is 0.0236 e. The molecule has 0 amide bonds. The molecule has 1 aromatic carbocycles. The molecular weight excluding hydrogens is 256 g/mol. The zero-order valence-electron chi connectivity index (χ0n) is 14.2. The fraction of sp³-hybridized carbons (Fsp3) is 0.684. The highest BCUT2D eigenvalue weighted by Crippen LogP contribution is 2.23. The van der Waals surface area contributed by atoms with Crippen LogP contribution in [-0.2, 0) is 13.1 Å². The number of nitrogens with one attached hydrogen (secondary N) is 1. The van der Waals surface area contributed by atoms with E-state index in [1.165, 1.54) is 30.5 Å². The molecule has 0 saturated carbocycles. The lowest BCUT2D eigenvalue weighted by atomic mass is 9.93. The van der Waals surface area contributed by atoms with Gasteiger partial charge in [-0.05, 0) is 55.8 Å². The van der Waals surface area contributed by atoms with Gasteiger partial charge < -0.3 is 5.32 Å². The summed E-state index contributed by atoms with van der Waals surface area (Å²) >= 11 is 0. The average Bonchev–Trinajstić information content (AvgIpc) is 2.42. The molecule has 2 unspecified atom stereocenters. The van der Waals surface area contributed by atoms with Crippen molar-refractivity contribution in [1.29, 1.82) is 0 Å². The molecule has 118 valence electrons. The molecule has 0 aliphatic carbocycles. The quantitative estimate of drug-likeness (QED) is 0.849. The summed E-state index contributed by atoms with van der Waals surface area (Å²) in [4.78, 5) is 2.64. The van der Waals surface area contributed by atoms with Crippen molar-refractivity contribution in [3.05, 3.63) is 35.4 Å². The van der Waals surface area contributed by atoms with Gasteiger partial charge in [-0.1, -0.05) is 45.0 Å². The maximum absolute atomic E-state index is 3.53. The molecule has 2 rings (SSSR count). The topological polar surface area (TPSA) is 15.3 Å². The fourth-order valence-corrected chi connectivity index (χ4v) is 3.27. The number of hydrogen-bond acceptors (Lipinski definition) is 2. The minimum atomic E-state index is 0.712. The lowest BCUT2D eigenvalue weighted by molar-refractivity contribution is 0.122. The Kier molecular flexibility index (Phi) is 6.25. The van der Waals surface area contributed by atoms with Crippen LogP contribution >= 0.6 is 0 Å². The first-order valence-electron chi connectivity index (χ1n) is 8.57. The Hall–Kier alpha value is -0.860. The Labute approximate surface area is 130 Å². The number of piperidine rings is 1. The van der Waals surface area contributed by atoms with Gasteiger partial charge in [0.25, 0.3) is 0 Å². The van der Waals surface area contributed by atoms with Crippen LogP contribution in [0.5, 0.6) is 0 Å². The summed E-state index contributed by atoms with van der Waals surface area (Å²) < 4.78 is 0. The van der Waals surface area contributed by atoms with E-state index in [1.807, 2.05) is 0 Å². The Balaban J connectivity index is 1.88. The van der Waals surface area contributed by atoms with Gasteiger partial charge >= 0.3 is 0 Å². The van der Waals surface area contributed by atoms with Crippen molar-refractivity contribution in [1.82, 2.24) is 10.2 Å². The highest BCUT2D eigenvalue weighted by Gasteiger charge is 2.22. The molecule has 0 spiro atoms. The molecule has 1 aliphatic rings. The first-order chi connectivity index (χ1) is 10.0. The van der Waals surface area contributed by atoms with Crippen molar-refractivity contribution >= 4 is 0 Å². The summed E-state index contributed by atoms with van der Waals surface area (Å²) in [6.07, 6.45) is 2.69. The third-order valence-electron chi connectivity index (χ3n) is 4.53. The Bertz CT molecular complexity index is 427. The number of likely N-dealkylation sites (tertiary alicyclic amines) is 1. The highest BCUT2D eigenvalue weighted by atomic mass is 15.2. The van der Waals surface area contributed by atoms with Crippen LogP contribution in [0.1, 0.15) is 51.7 Å². The van der Waals surface area contributed by atoms with Crippen molar-refractivity contribution in [2.45, 2.75) is 59.7 Å². The van der Waals surface area contributed by atoms with Crippen LogP contribution in [0.15, 0.2) is 24.3 Å². The fourth-order valence-electron chi connectivity index (χ4n) is 3.27. The molecule has 2 heteroatoms. The van der Waals surface area contributed by atoms with E-state index < -0.39 is 0 Å². The molecule has 1 N–H and O–H groups in total. The monoisotopic (exact) mass is 288 g/mol. The van der Waals surface area contributed by atoms with Gasteiger partial charge in [0.2, 0.25) is 0 Å². The van der Waals surface area contributed by atoms with Gasteiger partial charge in [-0.15, -0.1) is 0 Å². The van der Waals surface area contributed by atoms with Crippen LogP contribution in [0.4, 0.5) is 0 Å². The molecule has 2 nitrogen and oxygen atoms in total. The van der Waals surface area contributed by atoms with Gasteiger partial charge in [0.1, 0.15) is 0 Å². The second-order valence-electron chi connectivity index (χ2n) is 7.29. The predicted octanol–water partition coefficient (Wildman–Crippen LogP) is 4.05. The maximum Gasteiger partial charge on any atom is 0.0236 e. The summed E-state index contributed by atoms with van der Waals surface area (Å²) in [5.74, 6) is 1.60. The van der Waals surface area contributed by atoms with Crippen molar-refractivity contribution in [3.63, 3.8) is 0 Å². The maximum atomic E-state index is 3.53. The molecule has 0 aromatic heterocycles. The largest absolute Gasteiger partial charge is 0.312 e. The van der Waals surface area contributed by atoms with Crippen LogP contribution < -0.4 is 5.32 Å². The van der Waals surface area contributed by atoms with Crippen molar-refractivity contribution in [2.24, 2.45) is 11.8 Å². The summed E-state index contributed by atoms with van der Waals surface area (Å²) in [6, 6.07) is 9.81.